The largest absolute Gasteiger partial charge is 0.467 e. The summed E-state index contributed by atoms with van der Waals surface area (Å²) in [6.45, 7) is 4.93. The molecule has 0 heterocycles. The Balaban J connectivity index is 4.79. The summed E-state index contributed by atoms with van der Waals surface area (Å²) in [6, 6.07) is 0. The summed E-state index contributed by atoms with van der Waals surface area (Å²) in [5.74, 6) is -0.846. The van der Waals surface area contributed by atoms with Crippen LogP contribution in [0.15, 0.2) is 0 Å². The first-order chi connectivity index (χ1) is 6.91. The molecule has 2 atom stereocenters. The lowest BCUT2D eigenvalue weighted by molar-refractivity contribution is -0.167. The molecule has 0 saturated carbocycles. The smallest absolute Gasteiger partial charge is 0.338 e. The second-order valence-electron chi connectivity index (χ2n) is 3.35. The third-order valence-corrected chi connectivity index (χ3v) is 3.11. The molecule has 0 aromatic heterocycles. The van der Waals surface area contributed by atoms with Crippen molar-refractivity contribution in [1.29, 1.82) is 0 Å². The van der Waals surface area contributed by atoms with Crippen LogP contribution in [0.3, 0.4) is 0 Å². The average Bonchev–Trinajstić information content (AvgIpc) is 2.17. The van der Waals surface area contributed by atoms with E-state index in [-0.39, 0.29) is 5.12 Å². The topological polar surface area (TPSA) is 63.6 Å². The van der Waals surface area contributed by atoms with Crippen molar-refractivity contribution in [2.45, 2.75) is 32.8 Å². The minimum atomic E-state index is -1.73. The number of hydrogen-bond acceptors (Lipinski definition) is 5. The highest BCUT2D eigenvalue weighted by atomic mass is 32.2. The van der Waals surface area contributed by atoms with E-state index in [0.29, 0.717) is 12.2 Å². The van der Waals surface area contributed by atoms with Crippen LogP contribution in [0.1, 0.15) is 27.2 Å². The van der Waals surface area contributed by atoms with Crippen molar-refractivity contribution < 1.29 is 19.4 Å². The van der Waals surface area contributed by atoms with Gasteiger partial charge in [0.1, 0.15) is 0 Å². The summed E-state index contributed by atoms with van der Waals surface area (Å²) in [7, 11) is 1.20. The van der Waals surface area contributed by atoms with Crippen molar-refractivity contribution in [1.82, 2.24) is 0 Å². The van der Waals surface area contributed by atoms with Crippen LogP contribution in [0, 0.1) is 5.92 Å². The fraction of sp³-hybridized carbons (Fsp3) is 0.800. The number of methoxy groups -OCH3 is 1. The van der Waals surface area contributed by atoms with Gasteiger partial charge < -0.3 is 9.84 Å². The predicted molar refractivity (Wildman–Crippen MR) is 59.6 cm³/mol. The number of carbonyl (C=O) groups is 2. The number of thioether (sulfide) groups is 1. The van der Waals surface area contributed by atoms with Gasteiger partial charge >= 0.3 is 5.97 Å². The highest BCUT2D eigenvalue weighted by molar-refractivity contribution is 8.13. The predicted octanol–water partition coefficient (Wildman–Crippen LogP) is 1.22. The number of esters is 1. The molecular weight excluding hydrogens is 216 g/mol. The van der Waals surface area contributed by atoms with Crippen LogP contribution in [0.4, 0.5) is 0 Å². The Hall–Kier alpha value is -0.550. The van der Waals surface area contributed by atoms with Crippen LogP contribution in [-0.4, -0.2) is 34.7 Å². The van der Waals surface area contributed by atoms with Crippen molar-refractivity contribution in [2.75, 3.05) is 12.9 Å². The van der Waals surface area contributed by atoms with Gasteiger partial charge in [0, 0.05) is 0 Å². The third kappa shape index (κ3) is 3.50. The highest BCUT2D eigenvalue weighted by Crippen LogP contribution is 2.27. The minimum absolute atomic E-state index is 0.171. The van der Waals surface area contributed by atoms with Crippen molar-refractivity contribution in [3.05, 3.63) is 0 Å². The second kappa shape index (κ2) is 6.12. The van der Waals surface area contributed by atoms with Gasteiger partial charge in [-0.25, -0.2) is 4.79 Å². The maximum absolute atomic E-state index is 11.6. The van der Waals surface area contributed by atoms with Crippen LogP contribution in [0.5, 0.6) is 0 Å². The van der Waals surface area contributed by atoms with E-state index >= 15 is 0 Å². The summed E-state index contributed by atoms with van der Waals surface area (Å²) in [6.07, 6.45) is 0.411. The zero-order valence-electron chi connectivity index (χ0n) is 9.57. The molecule has 0 aliphatic rings. The Morgan fingerprint density at radius 3 is 2.33 bits per heavy atom. The Labute approximate surface area is 94.4 Å². The summed E-state index contributed by atoms with van der Waals surface area (Å²) < 4.78 is 4.48. The Bertz CT molecular complexity index is 238. The summed E-state index contributed by atoms with van der Waals surface area (Å²) in [4.78, 5) is 22.9. The van der Waals surface area contributed by atoms with Crippen molar-refractivity contribution >= 4 is 22.8 Å². The van der Waals surface area contributed by atoms with Crippen LogP contribution >= 0.6 is 11.8 Å². The zero-order valence-corrected chi connectivity index (χ0v) is 10.4. The lowest BCUT2D eigenvalue weighted by atomic mass is 9.88. The quantitative estimate of drug-likeness (QED) is 0.724. The number of carbonyl (C=O) groups excluding carboxylic acids is 2. The molecule has 0 saturated heterocycles. The fourth-order valence-corrected chi connectivity index (χ4v) is 2.27. The molecule has 15 heavy (non-hydrogen) atoms. The molecule has 0 bridgehead atoms. The van der Waals surface area contributed by atoms with Gasteiger partial charge in [-0.15, -0.1) is 0 Å². The molecule has 0 rings (SSSR count). The second-order valence-corrected chi connectivity index (χ2v) is 4.62. The van der Waals surface area contributed by atoms with Crippen molar-refractivity contribution in [3.63, 3.8) is 0 Å². The molecule has 5 heteroatoms. The van der Waals surface area contributed by atoms with Crippen LogP contribution < -0.4 is 0 Å². The number of rotatable bonds is 5. The fourth-order valence-electron chi connectivity index (χ4n) is 1.39. The number of aliphatic hydroxyl groups is 1. The first kappa shape index (κ1) is 14.5. The van der Waals surface area contributed by atoms with Gasteiger partial charge in [-0.3, -0.25) is 4.79 Å². The van der Waals surface area contributed by atoms with Crippen molar-refractivity contribution in [2.24, 2.45) is 5.92 Å². The maximum Gasteiger partial charge on any atom is 0.338 e. The van der Waals surface area contributed by atoms with Crippen molar-refractivity contribution in [3.8, 4) is 0 Å². The molecule has 0 aliphatic heterocycles. The first-order valence-corrected chi connectivity index (χ1v) is 5.87. The minimum Gasteiger partial charge on any atom is -0.467 e. The standard InChI is InChI=1S/C10H18O4S/c1-5-7(8(11)15-6-2)10(3,13)9(12)14-4/h7,13H,5-6H2,1-4H3/t7-,10-/m1/s1. The van der Waals surface area contributed by atoms with E-state index in [2.05, 4.69) is 4.74 Å². The monoisotopic (exact) mass is 234 g/mol. The van der Waals surface area contributed by atoms with Gasteiger partial charge in [-0.1, -0.05) is 25.6 Å². The molecular formula is C10H18O4S. The van der Waals surface area contributed by atoms with Gasteiger partial charge in [-0.05, 0) is 19.1 Å². The first-order valence-electron chi connectivity index (χ1n) is 4.89. The molecule has 0 spiro atoms. The van der Waals surface area contributed by atoms with Crippen LogP contribution in [0.2, 0.25) is 0 Å². The van der Waals surface area contributed by atoms with E-state index in [4.69, 9.17) is 0 Å². The van der Waals surface area contributed by atoms with E-state index in [1.807, 2.05) is 6.92 Å². The Morgan fingerprint density at radius 2 is 2.00 bits per heavy atom. The lowest BCUT2D eigenvalue weighted by Crippen LogP contribution is -2.46. The van der Waals surface area contributed by atoms with Gasteiger partial charge in [-0.2, -0.15) is 0 Å². The van der Waals surface area contributed by atoms with Gasteiger partial charge in [0.05, 0.1) is 13.0 Å². The molecule has 0 fully saturated rings. The zero-order chi connectivity index (χ0) is 12.1. The van der Waals surface area contributed by atoms with Crippen LogP contribution in [0.25, 0.3) is 0 Å². The van der Waals surface area contributed by atoms with E-state index in [1.54, 1.807) is 6.92 Å². The van der Waals surface area contributed by atoms with E-state index in [0.717, 1.165) is 11.8 Å². The summed E-state index contributed by atoms with van der Waals surface area (Å²) in [5.41, 5.74) is -1.73. The van der Waals surface area contributed by atoms with E-state index in [1.165, 1.54) is 14.0 Å². The summed E-state index contributed by atoms with van der Waals surface area (Å²) >= 11 is 1.11. The average molecular weight is 234 g/mol. The SMILES string of the molecule is CCSC(=O)[C@@H](CC)[C@@](C)(O)C(=O)OC. The normalized spacial score (nSPS) is 16.6. The third-order valence-electron chi connectivity index (χ3n) is 2.26. The van der Waals surface area contributed by atoms with E-state index < -0.39 is 17.5 Å². The molecule has 4 nitrogen and oxygen atoms in total. The molecule has 0 aromatic rings. The molecule has 0 aliphatic carbocycles. The molecule has 0 radical (unpaired) electrons. The Kier molecular flexibility index (Phi) is 5.90. The van der Waals surface area contributed by atoms with Gasteiger partial charge in [0.25, 0.3) is 0 Å². The molecule has 0 aromatic carbocycles. The molecule has 88 valence electrons. The van der Waals surface area contributed by atoms with Gasteiger partial charge in [0.2, 0.25) is 0 Å². The highest BCUT2D eigenvalue weighted by Gasteiger charge is 2.43. The molecule has 1 N–H and O–H groups in total. The number of ether oxygens (including phenoxy) is 1. The van der Waals surface area contributed by atoms with Gasteiger partial charge in [0.15, 0.2) is 10.7 Å². The Morgan fingerprint density at radius 1 is 1.47 bits per heavy atom. The molecule has 0 amide bonds. The maximum atomic E-state index is 11.6. The lowest BCUT2D eigenvalue weighted by Gasteiger charge is -2.27. The van der Waals surface area contributed by atoms with Crippen LogP contribution in [-0.2, 0) is 14.3 Å². The van der Waals surface area contributed by atoms with E-state index in [9.17, 15) is 14.7 Å². The number of hydrogen-bond donors (Lipinski definition) is 1. The molecule has 0 unspecified atom stereocenters. The summed E-state index contributed by atoms with van der Waals surface area (Å²) in [5, 5.41) is 9.76.